The number of imidazole rings is 1. The Hall–Kier alpha value is -4.37. The lowest BCUT2D eigenvalue weighted by atomic mass is 9.91. The van der Waals surface area contributed by atoms with Gasteiger partial charge in [-0.15, -0.1) is 0 Å². The number of aliphatic imine (C=N–C) groups is 1. The molecule has 47 heavy (non-hydrogen) atoms. The average molecular weight is 696 g/mol. The van der Waals surface area contributed by atoms with Crippen molar-refractivity contribution < 1.29 is 22.7 Å². The van der Waals surface area contributed by atoms with Gasteiger partial charge in [-0.2, -0.15) is 4.31 Å². The summed E-state index contributed by atoms with van der Waals surface area (Å²) in [7, 11) is -4.35. The fourth-order valence-corrected chi connectivity index (χ4v) is 8.64. The summed E-state index contributed by atoms with van der Waals surface area (Å²) in [5.74, 6) is -0.879. The number of ether oxygens (including phenoxy) is 1. The van der Waals surface area contributed by atoms with Crippen molar-refractivity contribution in [2.75, 3.05) is 24.6 Å². The molecule has 13 nitrogen and oxygen atoms in total. The second-order valence-electron chi connectivity index (χ2n) is 11.6. The lowest BCUT2D eigenvalue weighted by Crippen LogP contribution is -2.48. The number of carbonyl (C=O) groups excluding carboxylic acids is 2. The first-order valence-corrected chi connectivity index (χ1v) is 17.0. The molecule has 0 bridgehead atoms. The highest BCUT2D eigenvalue weighted by molar-refractivity contribution is 7.89. The molecule has 2 unspecified atom stereocenters. The molecule has 7 rings (SSSR count). The maximum Gasteiger partial charge on any atom is 0.291 e. The van der Waals surface area contributed by atoms with E-state index in [1.54, 1.807) is 31.5 Å². The Morgan fingerprint density at radius 3 is 2.47 bits per heavy atom. The zero-order chi connectivity index (χ0) is 32.9. The predicted molar refractivity (Wildman–Crippen MR) is 174 cm³/mol. The largest absolute Gasteiger partial charge is 0.463 e. The SMILES string of the molecule is CC1(Cc2ccc(-c3cncnc3)cc2)C(=O)N(c2cc(Cl)cc(Cl)c2)c2ncc(S(=O)(=O)N3CCCC3C(=O)NC3=NCCO3)n21. The van der Waals surface area contributed by atoms with Crippen LogP contribution in [-0.2, 0) is 36.3 Å². The molecular formula is C31H28Cl2N8O5S. The number of amides is 2. The zero-order valence-corrected chi connectivity index (χ0v) is 27.3. The Bertz CT molecular complexity index is 2000. The molecule has 0 aliphatic carbocycles. The fraction of sp³-hybridized carbons (Fsp3) is 0.290. The van der Waals surface area contributed by atoms with Gasteiger partial charge in [0.25, 0.3) is 22.0 Å². The molecule has 16 heteroatoms. The second kappa shape index (κ2) is 12.0. The van der Waals surface area contributed by atoms with E-state index in [9.17, 15) is 18.0 Å². The Morgan fingerprint density at radius 1 is 1.06 bits per heavy atom. The molecule has 1 fully saturated rings. The molecule has 0 spiro atoms. The highest BCUT2D eigenvalue weighted by Gasteiger charge is 2.53. The van der Waals surface area contributed by atoms with E-state index >= 15 is 0 Å². The molecule has 2 aromatic carbocycles. The normalized spacial score (nSPS) is 21.1. The minimum absolute atomic E-state index is 0.0734. The van der Waals surface area contributed by atoms with Gasteiger partial charge in [-0.3, -0.25) is 19.5 Å². The Morgan fingerprint density at radius 2 is 1.79 bits per heavy atom. The first kappa shape index (κ1) is 31.2. The van der Waals surface area contributed by atoms with E-state index in [2.05, 4.69) is 25.3 Å². The van der Waals surface area contributed by atoms with Crippen LogP contribution in [0, 0.1) is 0 Å². The summed E-state index contributed by atoms with van der Waals surface area (Å²) in [6.07, 6.45) is 6.97. The van der Waals surface area contributed by atoms with Crippen LogP contribution in [0.15, 0.2) is 77.4 Å². The van der Waals surface area contributed by atoms with Crippen LogP contribution in [0.1, 0.15) is 25.3 Å². The summed E-state index contributed by atoms with van der Waals surface area (Å²) in [6, 6.07) is 11.3. The number of sulfonamides is 1. The third-order valence-corrected chi connectivity index (χ3v) is 10.8. The van der Waals surface area contributed by atoms with Gasteiger partial charge < -0.3 is 4.74 Å². The highest BCUT2D eigenvalue weighted by Crippen LogP contribution is 2.45. The van der Waals surface area contributed by atoms with Crippen molar-refractivity contribution in [1.82, 2.24) is 29.1 Å². The number of benzene rings is 2. The first-order valence-electron chi connectivity index (χ1n) is 14.8. The van der Waals surface area contributed by atoms with Gasteiger partial charge in [0.05, 0.1) is 18.4 Å². The summed E-state index contributed by atoms with van der Waals surface area (Å²) in [6.45, 7) is 2.54. The summed E-state index contributed by atoms with van der Waals surface area (Å²) in [4.78, 5) is 45.7. The third-order valence-electron chi connectivity index (χ3n) is 8.46. The highest BCUT2D eigenvalue weighted by atomic mass is 35.5. The van der Waals surface area contributed by atoms with Crippen LogP contribution in [0.25, 0.3) is 11.1 Å². The van der Waals surface area contributed by atoms with Gasteiger partial charge in [0, 0.05) is 41.0 Å². The van der Waals surface area contributed by atoms with Crippen molar-refractivity contribution in [3.63, 3.8) is 0 Å². The number of hydrogen-bond acceptors (Lipinski definition) is 9. The van der Waals surface area contributed by atoms with Crippen molar-refractivity contribution in [3.8, 4) is 11.1 Å². The maximum absolute atomic E-state index is 14.5. The molecule has 4 aromatic rings. The molecule has 242 valence electrons. The average Bonchev–Trinajstić information content (AvgIpc) is 3.85. The Labute approximate surface area is 280 Å². The van der Waals surface area contributed by atoms with E-state index in [4.69, 9.17) is 27.9 Å². The topological polar surface area (TPSA) is 152 Å². The quantitative estimate of drug-likeness (QED) is 0.306. The molecule has 0 radical (unpaired) electrons. The van der Waals surface area contributed by atoms with Crippen LogP contribution in [0.5, 0.6) is 0 Å². The Balaban J connectivity index is 1.29. The van der Waals surface area contributed by atoms with Gasteiger partial charge in [-0.25, -0.2) is 33.3 Å². The molecule has 3 aliphatic heterocycles. The van der Waals surface area contributed by atoms with Crippen LogP contribution in [0.4, 0.5) is 11.6 Å². The van der Waals surface area contributed by atoms with Crippen molar-refractivity contribution in [2.24, 2.45) is 4.99 Å². The summed E-state index contributed by atoms with van der Waals surface area (Å²) < 4.78 is 36.8. The number of nitrogens with zero attached hydrogens (tertiary/aromatic N) is 7. The van der Waals surface area contributed by atoms with E-state index in [-0.39, 0.29) is 30.0 Å². The smallest absolute Gasteiger partial charge is 0.291 e. The number of fused-ring (bicyclic) bond motifs is 1. The van der Waals surface area contributed by atoms with Crippen LogP contribution in [0.2, 0.25) is 10.0 Å². The minimum Gasteiger partial charge on any atom is -0.463 e. The molecule has 1 N–H and O–H groups in total. The number of hydrogen-bond donors (Lipinski definition) is 1. The lowest BCUT2D eigenvalue weighted by Gasteiger charge is -2.29. The number of halogens is 2. The van der Waals surface area contributed by atoms with E-state index < -0.39 is 33.4 Å². The summed E-state index contributed by atoms with van der Waals surface area (Å²) in [5, 5.41) is 2.97. The summed E-state index contributed by atoms with van der Waals surface area (Å²) >= 11 is 12.6. The second-order valence-corrected chi connectivity index (χ2v) is 14.3. The summed E-state index contributed by atoms with van der Waals surface area (Å²) in [5.41, 5.74) is 1.36. The maximum atomic E-state index is 14.5. The zero-order valence-electron chi connectivity index (χ0n) is 25.0. The van der Waals surface area contributed by atoms with Gasteiger partial charge in [0.2, 0.25) is 11.9 Å². The monoisotopic (exact) mass is 694 g/mol. The van der Waals surface area contributed by atoms with Crippen molar-refractivity contribution in [1.29, 1.82) is 0 Å². The molecular weight excluding hydrogens is 667 g/mol. The molecule has 0 saturated carbocycles. The number of carbonyl (C=O) groups is 2. The molecule has 2 atom stereocenters. The first-order chi connectivity index (χ1) is 22.6. The van der Waals surface area contributed by atoms with Gasteiger partial charge in [0.1, 0.15) is 24.5 Å². The van der Waals surface area contributed by atoms with E-state index in [0.29, 0.717) is 41.7 Å². The number of anilines is 2. The fourth-order valence-electron chi connectivity index (χ4n) is 6.28. The van der Waals surface area contributed by atoms with Gasteiger partial charge in [0.15, 0.2) is 5.03 Å². The molecule has 2 amide bonds. The van der Waals surface area contributed by atoms with Crippen LogP contribution >= 0.6 is 23.2 Å². The molecule has 5 heterocycles. The van der Waals surface area contributed by atoms with Gasteiger partial charge in [-0.1, -0.05) is 47.5 Å². The lowest BCUT2D eigenvalue weighted by molar-refractivity contribution is -0.124. The number of rotatable bonds is 7. The van der Waals surface area contributed by atoms with Crippen LogP contribution in [-0.4, -0.2) is 75.8 Å². The van der Waals surface area contributed by atoms with Crippen molar-refractivity contribution in [2.45, 2.75) is 42.8 Å². The van der Waals surface area contributed by atoms with Crippen molar-refractivity contribution in [3.05, 3.63) is 83.0 Å². The standard InChI is InChI=1S/C31H28Cl2N8O5S/c1-31(14-19-4-6-20(7-5-19)21-15-34-18-35-16-21)28(43)40(24-12-22(32)11-23(33)13-24)30-37-17-26(41(30)31)47(44,45)39-9-2-3-25(39)27(42)38-29-36-8-10-46-29/h4-7,11-13,15-18,25H,2-3,8-10,14H2,1H3,(H,36,38,42). The predicted octanol–water partition coefficient (Wildman–Crippen LogP) is 3.94. The van der Waals surface area contributed by atoms with E-state index in [0.717, 1.165) is 21.0 Å². The Kier molecular flexibility index (Phi) is 7.99. The van der Waals surface area contributed by atoms with E-state index in [1.807, 2.05) is 24.3 Å². The molecule has 2 aromatic heterocycles. The van der Waals surface area contributed by atoms with Crippen molar-refractivity contribution >= 4 is 62.7 Å². The van der Waals surface area contributed by atoms with Gasteiger partial charge in [-0.05, 0) is 49.1 Å². The molecule has 1 saturated heterocycles. The number of aromatic nitrogens is 4. The van der Waals surface area contributed by atoms with Crippen LogP contribution in [0.3, 0.4) is 0 Å². The van der Waals surface area contributed by atoms with Crippen LogP contribution < -0.4 is 10.2 Å². The number of amidine groups is 1. The van der Waals surface area contributed by atoms with E-state index in [1.165, 1.54) is 28.1 Å². The number of nitrogens with one attached hydrogen (secondary N) is 1. The minimum atomic E-state index is -4.35. The third kappa shape index (κ3) is 5.54. The molecule has 3 aliphatic rings. The van der Waals surface area contributed by atoms with Gasteiger partial charge >= 0.3 is 0 Å².